The van der Waals surface area contributed by atoms with Gasteiger partial charge in [0.1, 0.15) is 0 Å². The van der Waals surface area contributed by atoms with Crippen molar-refractivity contribution in [2.75, 3.05) is 0 Å². The molecule has 1 aromatic heterocycles. The summed E-state index contributed by atoms with van der Waals surface area (Å²) in [5.74, 6) is -0.334. The van der Waals surface area contributed by atoms with Gasteiger partial charge in [-0.2, -0.15) is 0 Å². The van der Waals surface area contributed by atoms with Crippen LogP contribution in [0.15, 0.2) is 46.7 Å². The Morgan fingerprint density at radius 3 is 2.58 bits per heavy atom. The fourth-order valence-corrected chi connectivity index (χ4v) is 2.21. The Balaban J connectivity index is 2.36. The number of benzene rings is 1. The SMILES string of the molecule is CC(=O)c1ccc(Sc2ncccn2)cc1[N+](=O)[O-]. The highest BCUT2D eigenvalue weighted by molar-refractivity contribution is 7.99. The number of hydrogen-bond donors (Lipinski definition) is 0. The summed E-state index contributed by atoms with van der Waals surface area (Å²) in [6.07, 6.45) is 3.18. The van der Waals surface area contributed by atoms with E-state index in [4.69, 9.17) is 0 Å². The Labute approximate surface area is 113 Å². The third-order valence-corrected chi connectivity index (χ3v) is 3.18. The maximum Gasteiger partial charge on any atom is 0.281 e. The molecule has 1 aromatic carbocycles. The lowest BCUT2D eigenvalue weighted by Crippen LogP contribution is -2.00. The van der Waals surface area contributed by atoms with Crippen molar-refractivity contribution in [3.05, 3.63) is 52.3 Å². The summed E-state index contributed by atoms with van der Waals surface area (Å²) >= 11 is 1.20. The zero-order chi connectivity index (χ0) is 13.8. The van der Waals surface area contributed by atoms with Gasteiger partial charge in [0.15, 0.2) is 10.9 Å². The molecule has 0 aliphatic rings. The molecule has 0 unspecified atom stereocenters. The normalized spacial score (nSPS) is 10.2. The van der Waals surface area contributed by atoms with Crippen LogP contribution >= 0.6 is 11.8 Å². The summed E-state index contributed by atoms with van der Waals surface area (Å²) in [5, 5.41) is 11.4. The summed E-state index contributed by atoms with van der Waals surface area (Å²) in [7, 11) is 0. The van der Waals surface area contributed by atoms with Crippen molar-refractivity contribution >= 4 is 23.2 Å². The topological polar surface area (TPSA) is 86.0 Å². The molecule has 0 atom stereocenters. The fraction of sp³-hybridized carbons (Fsp3) is 0.0833. The van der Waals surface area contributed by atoms with Crippen molar-refractivity contribution in [2.45, 2.75) is 17.0 Å². The number of hydrogen-bond acceptors (Lipinski definition) is 6. The van der Waals surface area contributed by atoms with Gasteiger partial charge in [-0.25, -0.2) is 9.97 Å². The largest absolute Gasteiger partial charge is 0.294 e. The molecule has 0 radical (unpaired) electrons. The van der Waals surface area contributed by atoms with Gasteiger partial charge < -0.3 is 0 Å². The molecule has 0 aliphatic carbocycles. The Bertz CT molecular complexity index is 631. The van der Waals surface area contributed by atoms with Crippen LogP contribution < -0.4 is 0 Å². The third kappa shape index (κ3) is 3.14. The molecular formula is C12H9N3O3S. The van der Waals surface area contributed by atoms with Gasteiger partial charge in [-0.1, -0.05) is 0 Å². The van der Waals surface area contributed by atoms with Gasteiger partial charge >= 0.3 is 0 Å². The van der Waals surface area contributed by atoms with E-state index in [0.717, 1.165) is 0 Å². The molecule has 0 bridgehead atoms. The van der Waals surface area contributed by atoms with Crippen molar-refractivity contribution < 1.29 is 9.72 Å². The number of aromatic nitrogens is 2. The van der Waals surface area contributed by atoms with Crippen LogP contribution in [0, 0.1) is 10.1 Å². The lowest BCUT2D eigenvalue weighted by Gasteiger charge is -2.02. The molecule has 96 valence electrons. The molecule has 0 saturated heterocycles. The molecule has 0 N–H and O–H groups in total. The van der Waals surface area contributed by atoms with E-state index in [1.165, 1.54) is 30.8 Å². The van der Waals surface area contributed by atoms with E-state index in [9.17, 15) is 14.9 Å². The maximum absolute atomic E-state index is 11.3. The molecule has 1 heterocycles. The molecular weight excluding hydrogens is 266 g/mol. The first-order valence-corrected chi connectivity index (χ1v) is 6.14. The Kier molecular flexibility index (Phi) is 3.86. The minimum Gasteiger partial charge on any atom is -0.294 e. The van der Waals surface area contributed by atoms with Crippen molar-refractivity contribution in [3.8, 4) is 0 Å². The Hall–Kier alpha value is -2.28. The maximum atomic E-state index is 11.3. The second-order valence-corrected chi connectivity index (χ2v) is 4.67. The van der Waals surface area contributed by atoms with Crippen LogP contribution in [0.5, 0.6) is 0 Å². The Morgan fingerprint density at radius 1 is 1.32 bits per heavy atom. The number of Topliss-reactive ketones (excluding diaryl/α,β-unsaturated/α-hetero) is 1. The molecule has 7 heteroatoms. The monoisotopic (exact) mass is 275 g/mol. The average molecular weight is 275 g/mol. The van der Waals surface area contributed by atoms with Crippen molar-refractivity contribution in [3.63, 3.8) is 0 Å². The Morgan fingerprint density at radius 2 is 2.00 bits per heavy atom. The minimum absolute atomic E-state index is 0.100. The zero-order valence-electron chi connectivity index (χ0n) is 9.94. The van der Waals surface area contributed by atoms with Crippen LogP contribution in [-0.4, -0.2) is 20.7 Å². The number of nitro benzene ring substituents is 1. The summed E-state index contributed by atoms with van der Waals surface area (Å²) in [6.45, 7) is 1.30. The predicted molar refractivity (Wildman–Crippen MR) is 69.3 cm³/mol. The number of nitrogens with zero attached hydrogens (tertiary/aromatic N) is 3. The first-order chi connectivity index (χ1) is 9.08. The quantitative estimate of drug-likeness (QED) is 0.369. The standard InChI is InChI=1S/C12H9N3O3S/c1-8(16)10-4-3-9(7-11(10)15(17)18)19-12-13-5-2-6-14-12/h2-7H,1H3. The van der Waals surface area contributed by atoms with Crippen molar-refractivity contribution in [2.24, 2.45) is 0 Å². The van der Waals surface area contributed by atoms with E-state index < -0.39 is 4.92 Å². The zero-order valence-corrected chi connectivity index (χ0v) is 10.8. The highest BCUT2D eigenvalue weighted by atomic mass is 32.2. The third-order valence-electron chi connectivity index (χ3n) is 2.30. The molecule has 6 nitrogen and oxygen atoms in total. The van der Waals surface area contributed by atoms with E-state index in [2.05, 4.69) is 9.97 Å². The van der Waals surface area contributed by atoms with Crippen LogP contribution in [0.1, 0.15) is 17.3 Å². The highest BCUT2D eigenvalue weighted by Crippen LogP contribution is 2.29. The molecule has 2 rings (SSSR count). The summed E-state index contributed by atoms with van der Waals surface area (Å²) < 4.78 is 0. The van der Waals surface area contributed by atoms with Gasteiger partial charge in [-0.05, 0) is 36.9 Å². The lowest BCUT2D eigenvalue weighted by molar-refractivity contribution is -0.385. The van der Waals surface area contributed by atoms with Crippen molar-refractivity contribution in [1.29, 1.82) is 0 Å². The van der Waals surface area contributed by atoms with E-state index in [0.29, 0.717) is 10.1 Å². The molecule has 0 amide bonds. The molecule has 0 saturated carbocycles. The van der Waals surface area contributed by atoms with Crippen LogP contribution in [0.2, 0.25) is 0 Å². The number of carbonyl (C=O) groups excluding carboxylic acids is 1. The van der Waals surface area contributed by atoms with Gasteiger partial charge in [0.2, 0.25) is 0 Å². The first-order valence-electron chi connectivity index (χ1n) is 5.32. The number of carbonyl (C=O) groups is 1. The minimum atomic E-state index is -0.563. The van der Waals surface area contributed by atoms with Gasteiger partial charge in [-0.15, -0.1) is 0 Å². The fourth-order valence-electron chi connectivity index (χ4n) is 1.47. The predicted octanol–water partition coefficient (Wildman–Crippen LogP) is 2.74. The van der Waals surface area contributed by atoms with Gasteiger partial charge in [0.25, 0.3) is 5.69 Å². The molecule has 0 spiro atoms. The highest BCUT2D eigenvalue weighted by Gasteiger charge is 2.18. The van der Waals surface area contributed by atoms with E-state index in [1.807, 2.05) is 0 Å². The summed E-state index contributed by atoms with van der Waals surface area (Å²) in [4.78, 5) is 30.3. The van der Waals surface area contributed by atoms with Gasteiger partial charge in [0.05, 0.1) is 10.5 Å². The van der Waals surface area contributed by atoms with Crippen molar-refractivity contribution in [1.82, 2.24) is 9.97 Å². The van der Waals surface area contributed by atoms with E-state index in [1.54, 1.807) is 24.5 Å². The second-order valence-electron chi connectivity index (χ2n) is 3.63. The average Bonchev–Trinajstić information content (AvgIpc) is 2.39. The lowest BCUT2D eigenvalue weighted by atomic mass is 10.1. The van der Waals surface area contributed by atoms with Gasteiger partial charge in [0, 0.05) is 23.4 Å². The van der Waals surface area contributed by atoms with Crippen LogP contribution in [0.25, 0.3) is 0 Å². The second kappa shape index (κ2) is 5.57. The molecule has 19 heavy (non-hydrogen) atoms. The number of rotatable bonds is 4. The van der Waals surface area contributed by atoms with E-state index in [-0.39, 0.29) is 17.0 Å². The smallest absolute Gasteiger partial charge is 0.281 e. The molecule has 0 aliphatic heterocycles. The van der Waals surface area contributed by atoms with E-state index >= 15 is 0 Å². The van der Waals surface area contributed by atoms with Crippen LogP contribution in [0.3, 0.4) is 0 Å². The van der Waals surface area contributed by atoms with Crippen LogP contribution in [0.4, 0.5) is 5.69 Å². The number of ketones is 1. The van der Waals surface area contributed by atoms with Gasteiger partial charge in [-0.3, -0.25) is 14.9 Å². The molecule has 0 fully saturated rings. The summed E-state index contributed by atoms with van der Waals surface area (Å²) in [5.41, 5.74) is -0.100. The number of nitro groups is 1. The first kappa shape index (κ1) is 13.2. The van der Waals surface area contributed by atoms with Crippen LogP contribution in [-0.2, 0) is 0 Å². The molecule has 2 aromatic rings. The summed E-state index contributed by atoms with van der Waals surface area (Å²) in [6, 6.07) is 6.14.